The normalized spacial score (nSPS) is 21.3. The number of hydrogen-bond donors (Lipinski definition) is 4. The summed E-state index contributed by atoms with van der Waals surface area (Å²) >= 11 is 0. The van der Waals surface area contributed by atoms with Gasteiger partial charge in [0.25, 0.3) is 0 Å². The van der Waals surface area contributed by atoms with Crippen LogP contribution in [0.25, 0.3) is 0 Å². The van der Waals surface area contributed by atoms with E-state index < -0.39 is 35.3 Å². The van der Waals surface area contributed by atoms with E-state index in [1.807, 2.05) is 18.2 Å². The van der Waals surface area contributed by atoms with Crippen molar-refractivity contribution in [1.29, 1.82) is 0 Å². The van der Waals surface area contributed by atoms with Gasteiger partial charge in [0.1, 0.15) is 25.1 Å². The van der Waals surface area contributed by atoms with Gasteiger partial charge in [0.05, 0.1) is 24.9 Å². The van der Waals surface area contributed by atoms with Crippen molar-refractivity contribution in [3.63, 3.8) is 0 Å². The molecule has 4 atom stereocenters. The minimum atomic E-state index is -4.47. The zero-order valence-corrected chi connectivity index (χ0v) is 21.6. The molecule has 4 N–H and O–H groups in total. The van der Waals surface area contributed by atoms with E-state index in [4.69, 9.17) is 9.47 Å². The number of esters is 1. The highest BCUT2D eigenvalue weighted by Gasteiger charge is 2.33. The molecule has 10 heteroatoms. The number of unbranched alkanes of at least 4 members (excludes halogenated alkanes) is 1. The number of carbonyl (C=O) groups is 1. The van der Waals surface area contributed by atoms with E-state index >= 15 is 0 Å². The van der Waals surface area contributed by atoms with Crippen LogP contribution in [0.5, 0.6) is 5.75 Å². The van der Waals surface area contributed by atoms with E-state index in [1.165, 1.54) is 12.1 Å². The average Bonchev–Trinajstić information content (AvgIpc) is 3.25. The molecule has 1 aliphatic rings. The standard InChI is InChI=1S/C28H39F3O7/c1-27(17-32,18-33)19-38-26(36)10-5-3-2-4-9-24-20(12-14-25(24)35)11-13-22(34)16-37-23-8-6-7-21(15-23)28(29,30)31/h2,4,6-8,11,13,15,20,22,24-25,32-35H,3,5,9-10,12,14,16-19H2,1H3/b4-2-,13-11+/t20-,22+,24+,25-/m0/s1. The number of rotatable bonds is 15. The quantitative estimate of drug-likeness (QED) is 0.150. The molecule has 1 aromatic carbocycles. The fraction of sp³-hybridized carbons (Fsp3) is 0.607. The summed E-state index contributed by atoms with van der Waals surface area (Å²) in [4.78, 5) is 11.8. The molecule has 0 radical (unpaired) electrons. The highest BCUT2D eigenvalue weighted by Crippen LogP contribution is 2.36. The lowest BCUT2D eigenvalue weighted by molar-refractivity contribution is -0.149. The summed E-state index contributed by atoms with van der Waals surface area (Å²) in [5.74, 6) is -0.356. The fourth-order valence-electron chi connectivity index (χ4n) is 4.12. The molecule has 38 heavy (non-hydrogen) atoms. The number of hydrogen-bond acceptors (Lipinski definition) is 7. The summed E-state index contributed by atoms with van der Waals surface area (Å²) in [7, 11) is 0. The number of benzene rings is 1. The molecule has 0 unspecified atom stereocenters. The Bertz CT molecular complexity index is 912. The van der Waals surface area contributed by atoms with E-state index in [0.29, 0.717) is 25.7 Å². The van der Waals surface area contributed by atoms with Crippen molar-refractivity contribution in [2.24, 2.45) is 17.3 Å². The van der Waals surface area contributed by atoms with Gasteiger partial charge in [0, 0.05) is 11.8 Å². The maximum atomic E-state index is 12.8. The summed E-state index contributed by atoms with van der Waals surface area (Å²) in [5, 5.41) is 39.0. The first-order valence-corrected chi connectivity index (χ1v) is 12.8. The monoisotopic (exact) mass is 544 g/mol. The number of carbonyl (C=O) groups excluding carboxylic acids is 1. The van der Waals surface area contributed by atoms with Gasteiger partial charge in [-0.3, -0.25) is 4.79 Å². The van der Waals surface area contributed by atoms with Crippen LogP contribution in [0.15, 0.2) is 48.6 Å². The molecule has 1 aliphatic carbocycles. The molecule has 0 saturated heterocycles. The lowest BCUT2D eigenvalue weighted by Crippen LogP contribution is -2.32. The lowest BCUT2D eigenvalue weighted by Gasteiger charge is -2.23. The van der Waals surface area contributed by atoms with Crippen LogP contribution >= 0.6 is 0 Å². The molecular weight excluding hydrogens is 505 g/mol. The maximum Gasteiger partial charge on any atom is 0.416 e. The first kappa shape index (κ1) is 31.8. The van der Waals surface area contributed by atoms with Crippen molar-refractivity contribution in [2.75, 3.05) is 26.4 Å². The second-order valence-electron chi connectivity index (χ2n) is 10.1. The molecule has 0 bridgehead atoms. The van der Waals surface area contributed by atoms with Crippen LogP contribution in [-0.4, -0.2) is 65.0 Å². The molecule has 1 saturated carbocycles. The van der Waals surface area contributed by atoms with E-state index in [2.05, 4.69) is 0 Å². The Morgan fingerprint density at radius 2 is 1.92 bits per heavy atom. The molecule has 0 heterocycles. The first-order chi connectivity index (χ1) is 18.0. The third-order valence-corrected chi connectivity index (χ3v) is 6.67. The molecule has 0 amide bonds. The molecule has 0 spiro atoms. The van der Waals surface area contributed by atoms with Crippen molar-refractivity contribution < 1.29 is 47.9 Å². The summed E-state index contributed by atoms with van der Waals surface area (Å²) < 4.78 is 48.9. The van der Waals surface area contributed by atoms with Gasteiger partial charge < -0.3 is 29.9 Å². The molecule has 214 valence electrons. The SMILES string of the molecule is CC(CO)(CO)COC(=O)CCC/C=C\C[C@H]1[C@@H](O)CC[C@@H]1/C=C/[C@@H](O)COc1cccc(C(F)(F)F)c1. The van der Waals surface area contributed by atoms with E-state index in [1.54, 1.807) is 13.0 Å². The Balaban J connectivity index is 1.73. The molecule has 1 fully saturated rings. The van der Waals surface area contributed by atoms with Gasteiger partial charge in [-0.05, 0) is 62.1 Å². The molecule has 2 rings (SSSR count). The number of aliphatic hydroxyl groups is 4. The highest BCUT2D eigenvalue weighted by molar-refractivity contribution is 5.69. The molecule has 0 aromatic heterocycles. The van der Waals surface area contributed by atoms with Crippen LogP contribution < -0.4 is 4.74 Å². The van der Waals surface area contributed by atoms with E-state index in [-0.39, 0.29) is 50.4 Å². The van der Waals surface area contributed by atoms with Crippen LogP contribution in [0, 0.1) is 17.3 Å². The Morgan fingerprint density at radius 1 is 1.18 bits per heavy atom. The smallest absolute Gasteiger partial charge is 0.416 e. The van der Waals surface area contributed by atoms with Crippen LogP contribution in [0.2, 0.25) is 0 Å². The summed E-state index contributed by atoms with van der Waals surface area (Å²) in [6, 6.07) is 4.48. The third-order valence-electron chi connectivity index (χ3n) is 6.67. The molecule has 1 aromatic rings. The average molecular weight is 545 g/mol. The summed E-state index contributed by atoms with van der Waals surface area (Å²) in [6.45, 7) is 0.817. The van der Waals surface area contributed by atoms with Gasteiger partial charge in [-0.1, -0.05) is 37.3 Å². The second-order valence-corrected chi connectivity index (χ2v) is 10.1. The molecule has 7 nitrogen and oxygen atoms in total. The predicted octanol–water partition coefficient (Wildman–Crippen LogP) is 4.04. The van der Waals surface area contributed by atoms with Crippen molar-refractivity contribution in [2.45, 2.75) is 63.8 Å². The van der Waals surface area contributed by atoms with Crippen molar-refractivity contribution in [3.05, 3.63) is 54.1 Å². The van der Waals surface area contributed by atoms with Crippen molar-refractivity contribution in [3.8, 4) is 5.75 Å². The van der Waals surface area contributed by atoms with Gasteiger partial charge in [-0.2, -0.15) is 13.2 Å². The largest absolute Gasteiger partial charge is 0.491 e. The predicted molar refractivity (Wildman–Crippen MR) is 135 cm³/mol. The van der Waals surface area contributed by atoms with E-state index in [9.17, 15) is 38.4 Å². The van der Waals surface area contributed by atoms with Gasteiger partial charge >= 0.3 is 12.1 Å². The number of alkyl halides is 3. The third kappa shape index (κ3) is 10.8. The Morgan fingerprint density at radius 3 is 2.61 bits per heavy atom. The Kier molecular flexibility index (Phi) is 12.8. The van der Waals surface area contributed by atoms with Crippen LogP contribution in [0.4, 0.5) is 13.2 Å². The minimum Gasteiger partial charge on any atom is -0.491 e. The maximum absolute atomic E-state index is 12.8. The first-order valence-electron chi connectivity index (χ1n) is 12.8. The highest BCUT2D eigenvalue weighted by atomic mass is 19.4. The number of ether oxygens (including phenoxy) is 2. The molecule has 0 aliphatic heterocycles. The molecular formula is C28H39F3O7. The zero-order valence-electron chi connectivity index (χ0n) is 21.6. The number of aliphatic hydroxyl groups excluding tert-OH is 4. The van der Waals surface area contributed by atoms with Crippen LogP contribution in [0.1, 0.15) is 51.0 Å². The van der Waals surface area contributed by atoms with Gasteiger partial charge in [0.15, 0.2) is 0 Å². The topological polar surface area (TPSA) is 116 Å². The second kappa shape index (κ2) is 15.3. The number of allylic oxidation sites excluding steroid dienone is 3. The fourth-order valence-corrected chi connectivity index (χ4v) is 4.12. The Labute approximate surface area is 221 Å². The lowest BCUT2D eigenvalue weighted by atomic mass is 9.90. The van der Waals surface area contributed by atoms with Crippen LogP contribution in [-0.2, 0) is 15.7 Å². The summed E-state index contributed by atoms with van der Waals surface area (Å²) in [6.07, 6.45) is 4.81. The minimum absolute atomic E-state index is 0.0219. The van der Waals surface area contributed by atoms with Gasteiger partial charge in [-0.25, -0.2) is 0 Å². The van der Waals surface area contributed by atoms with Gasteiger partial charge in [-0.15, -0.1) is 0 Å². The summed E-state index contributed by atoms with van der Waals surface area (Å²) in [5.41, 5.74) is -1.67. The Hall–Kier alpha value is -2.40. The number of halogens is 3. The zero-order chi connectivity index (χ0) is 28.2. The van der Waals surface area contributed by atoms with E-state index in [0.717, 1.165) is 18.6 Å². The van der Waals surface area contributed by atoms with Crippen LogP contribution in [0.3, 0.4) is 0 Å². The van der Waals surface area contributed by atoms with Crippen molar-refractivity contribution in [1.82, 2.24) is 0 Å². The van der Waals surface area contributed by atoms with Crippen molar-refractivity contribution >= 4 is 5.97 Å². The van der Waals surface area contributed by atoms with Gasteiger partial charge in [0.2, 0.25) is 0 Å².